The van der Waals surface area contributed by atoms with Crippen molar-refractivity contribution in [2.45, 2.75) is 0 Å². The van der Waals surface area contributed by atoms with Crippen LogP contribution in [-0.2, 0) is 0 Å². The summed E-state index contributed by atoms with van der Waals surface area (Å²) in [7, 11) is 0. The van der Waals surface area contributed by atoms with Gasteiger partial charge in [-0.3, -0.25) is 9.97 Å². The summed E-state index contributed by atoms with van der Waals surface area (Å²) in [5.41, 5.74) is 9.16. The first-order valence-electron chi connectivity index (χ1n) is 17.9. The second-order valence-corrected chi connectivity index (χ2v) is 12.9. The van der Waals surface area contributed by atoms with Crippen molar-refractivity contribution in [3.63, 3.8) is 0 Å². The van der Waals surface area contributed by atoms with E-state index < -0.39 is 0 Å². The summed E-state index contributed by atoms with van der Waals surface area (Å²) in [5.74, 6) is 3.32. The number of hydrogen-bond donors (Lipinski definition) is 0. The second-order valence-electron chi connectivity index (χ2n) is 12.9. The van der Waals surface area contributed by atoms with Gasteiger partial charge in [-0.25, -0.2) is 29.9 Å². The Morgan fingerprint density at radius 2 is 0.661 bits per heavy atom. The second kappa shape index (κ2) is 15.1. The van der Waals surface area contributed by atoms with E-state index in [4.69, 9.17) is 29.9 Å². The Hall–Kier alpha value is -8.09. The Balaban J connectivity index is 1.11. The standard InChI is InChI=1S/C47H29N9/c48-30-40-18-17-36(35-13-7-15-38(27-35)46-53-42(31-9-3-1-4-10-31)51-44(55-46)33-19-23-49-24-20-33)29-41(40)37-14-8-16-39(28-37)47-54-43(32-11-5-2-6-12-32)52-45(56-47)34-21-25-50-26-22-34/h1-29H. The average molecular weight is 720 g/mol. The van der Waals surface area contributed by atoms with E-state index in [0.717, 1.165) is 55.6 Å². The molecule has 4 heterocycles. The molecule has 0 radical (unpaired) electrons. The Morgan fingerprint density at radius 1 is 0.304 bits per heavy atom. The zero-order valence-corrected chi connectivity index (χ0v) is 29.8. The van der Waals surface area contributed by atoms with Gasteiger partial charge in [-0.1, -0.05) is 103 Å². The largest absolute Gasteiger partial charge is 0.265 e. The molecule has 0 aliphatic heterocycles. The van der Waals surface area contributed by atoms with E-state index in [1.807, 2.05) is 146 Å². The van der Waals surface area contributed by atoms with Crippen LogP contribution in [0.25, 0.3) is 90.6 Å². The predicted molar refractivity (Wildman–Crippen MR) is 217 cm³/mol. The summed E-state index contributed by atoms with van der Waals surface area (Å²) < 4.78 is 0. The number of benzene rings is 5. The third kappa shape index (κ3) is 7.01. The van der Waals surface area contributed by atoms with Crippen LogP contribution in [0.1, 0.15) is 5.56 Å². The van der Waals surface area contributed by atoms with E-state index in [-0.39, 0.29) is 0 Å². The highest BCUT2D eigenvalue weighted by atomic mass is 15.0. The number of rotatable bonds is 8. The number of nitriles is 1. The fourth-order valence-corrected chi connectivity index (χ4v) is 6.43. The van der Waals surface area contributed by atoms with Crippen molar-refractivity contribution >= 4 is 0 Å². The minimum Gasteiger partial charge on any atom is -0.265 e. The first-order valence-corrected chi connectivity index (χ1v) is 17.9. The molecule has 9 aromatic rings. The maximum absolute atomic E-state index is 10.3. The van der Waals surface area contributed by atoms with Gasteiger partial charge in [-0.05, 0) is 65.2 Å². The topological polar surface area (TPSA) is 127 Å². The van der Waals surface area contributed by atoms with Gasteiger partial charge in [0.25, 0.3) is 0 Å². The zero-order valence-electron chi connectivity index (χ0n) is 29.8. The van der Waals surface area contributed by atoms with Crippen LogP contribution >= 0.6 is 0 Å². The molecule has 0 spiro atoms. The molecule has 0 aliphatic rings. The molecule has 5 aromatic carbocycles. The highest BCUT2D eigenvalue weighted by Gasteiger charge is 2.16. The molecule has 0 fully saturated rings. The van der Waals surface area contributed by atoms with Crippen molar-refractivity contribution in [1.82, 2.24) is 39.9 Å². The van der Waals surface area contributed by atoms with Crippen LogP contribution in [0.2, 0.25) is 0 Å². The lowest BCUT2D eigenvalue weighted by Crippen LogP contribution is -2.00. The number of hydrogen-bond acceptors (Lipinski definition) is 9. The Bertz CT molecular complexity index is 2750. The van der Waals surface area contributed by atoms with E-state index in [1.165, 1.54) is 0 Å². The molecule has 0 atom stereocenters. The van der Waals surface area contributed by atoms with Crippen LogP contribution < -0.4 is 0 Å². The van der Waals surface area contributed by atoms with Crippen molar-refractivity contribution in [2.75, 3.05) is 0 Å². The molecule has 9 nitrogen and oxygen atoms in total. The van der Waals surface area contributed by atoms with Gasteiger partial charge in [0, 0.05) is 63.7 Å². The molecule has 262 valence electrons. The Morgan fingerprint density at radius 3 is 1.12 bits per heavy atom. The van der Waals surface area contributed by atoms with E-state index in [2.05, 4.69) is 22.1 Å². The van der Waals surface area contributed by atoms with Crippen molar-refractivity contribution in [1.29, 1.82) is 5.26 Å². The lowest BCUT2D eigenvalue weighted by molar-refractivity contribution is 1.07. The Kier molecular flexibility index (Phi) is 9.10. The van der Waals surface area contributed by atoms with Crippen LogP contribution in [0, 0.1) is 11.3 Å². The van der Waals surface area contributed by atoms with Gasteiger partial charge in [0.05, 0.1) is 11.6 Å². The van der Waals surface area contributed by atoms with E-state index in [9.17, 15) is 5.26 Å². The molecule has 0 N–H and O–H groups in total. The summed E-state index contributed by atoms with van der Waals surface area (Å²) in [6.45, 7) is 0. The molecule has 4 aromatic heterocycles. The van der Waals surface area contributed by atoms with Crippen molar-refractivity contribution < 1.29 is 0 Å². The molecule has 0 unspecified atom stereocenters. The number of nitrogens with zero attached hydrogens (tertiary/aromatic N) is 9. The lowest BCUT2D eigenvalue weighted by atomic mass is 9.93. The summed E-state index contributed by atoms with van der Waals surface area (Å²) in [4.78, 5) is 37.6. The van der Waals surface area contributed by atoms with Crippen molar-refractivity contribution in [3.8, 4) is 96.7 Å². The van der Waals surface area contributed by atoms with Gasteiger partial charge in [0.1, 0.15) is 0 Å². The van der Waals surface area contributed by atoms with Crippen LogP contribution in [0.5, 0.6) is 0 Å². The third-order valence-corrected chi connectivity index (χ3v) is 9.24. The number of pyridine rings is 2. The molecule has 0 saturated heterocycles. The summed E-state index contributed by atoms with van der Waals surface area (Å²) in [5, 5.41) is 10.3. The summed E-state index contributed by atoms with van der Waals surface area (Å²) in [6, 6.07) is 51.6. The molecule has 9 heteroatoms. The highest BCUT2D eigenvalue weighted by Crippen LogP contribution is 2.34. The van der Waals surface area contributed by atoms with Gasteiger partial charge >= 0.3 is 0 Å². The molecular formula is C47H29N9. The molecule has 0 aliphatic carbocycles. The fraction of sp³-hybridized carbons (Fsp3) is 0. The summed E-state index contributed by atoms with van der Waals surface area (Å²) >= 11 is 0. The smallest absolute Gasteiger partial charge is 0.164 e. The molecule has 9 rings (SSSR count). The van der Waals surface area contributed by atoms with E-state index >= 15 is 0 Å². The number of aromatic nitrogens is 8. The SMILES string of the molecule is N#Cc1ccc(-c2cccc(-c3nc(-c4ccccc4)nc(-c4ccncc4)n3)c2)cc1-c1cccc(-c2nc(-c3ccccc3)nc(-c3ccncc3)n2)c1. The molecule has 0 amide bonds. The first-order chi connectivity index (χ1) is 27.7. The normalized spacial score (nSPS) is 10.8. The van der Waals surface area contributed by atoms with Gasteiger partial charge in [-0.2, -0.15) is 5.26 Å². The molecule has 0 bridgehead atoms. The summed E-state index contributed by atoms with van der Waals surface area (Å²) in [6.07, 6.45) is 6.90. The molecule has 0 saturated carbocycles. The van der Waals surface area contributed by atoms with Crippen LogP contribution in [0.3, 0.4) is 0 Å². The maximum atomic E-state index is 10.3. The minimum absolute atomic E-state index is 0.522. The van der Waals surface area contributed by atoms with Crippen LogP contribution in [0.4, 0.5) is 0 Å². The zero-order chi connectivity index (χ0) is 37.7. The highest BCUT2D eigenvalue weighted by molar-refractivity contribution is 5.81. The fourth-order valence-electron chi connectivity index (χ4n) is 6.43. The quantitative estimate of drug-likeness (QED) is 0.151. The van der Waals surface area contributed by atoms with Gasteiger partial charge in [-0.15, -0.1) is 0 Å². The molecule has 56 heavy (non-hydrogen) atoms. The predicted octanol–water partition coefficient (Wildman–Crippen LogP) is 10.1. The monoisotopic (exact) mass is 719 g/mol. The van der Waals surface area contributed by atoms with Crippen molar-refractivity contribution in [3.05, 3.63) is 182 Å². The van der Waals surface area contributed by atoms with Crippen LogP contribution in [-0.4, -0.2) is 39.9 Å². The average Bonchev–Trinajstić information content (AvgIpc) is 3.29. The van der Waals surface area contributed by atoms with Gasteiger partial charge in [0.2, 0.25) is 0 Å². The van der Waals surface area contributed by atoms with Gasteiger partial charge in [0.15, 0.2) is 34.9 Å². The molecular weight excluding hydrogens is 691 g/mol. The Labute approximate surface area is 322 Å². The lowest BCUT2D eigenvalue weighted by Gasteiger charge is -2.12. The maximum Gasteiger partial charge on any atom is 0.164 e. The third-order valence-electron chi connectivity index (χ3n) is 9.24. The van der Waals surface area contributed by atoms with E-state index in [1.54, 1.807) is 24.8 Å². The van der Waals surface area contributed by atoms with E-state index in [0.29, 0.717) is 40.5 Å². The van der Waals surface area contributed by atoms with Crippen molar-refractivity contribution in [2.24, 2.45) is 0 Å². The van der Waals surface area contributed by atoms with Crippen LogP contribution in [0.15, 0.2) is 176 Å². The minimum atomic E-state index is 0.522. The first kappa shape index (κ1) is 33.7. The van der Waals surface area contributed by atoms with Gasteiger partial charge < -0.3 is 0 Å².